The minimum absolute atomic E-state index is 0.0466. The topological polar surface area (TPSA) is 68.7 Å². The molecule has 6 heteroatoms. The summed E-state index contributed by atoms with van der Waals surface area (Å²) in [4.78, 5) is 15.6. The van der Waals surface area contributed by atoms with Crippen LogP contribution in [0.15, 0.2) is 29.6 Å². The number of carboxylic acid groups (broad SMARTS) is 1. The van der Waals surface area contributed by atoms with Crippen LogP contribution < -0.4 is 4.74 Å². The Bertz CT molecular complexity index is 691. The van der Waals surface area contributed by atoms with Gasteiger partial charge < -0.3 is 14.6 Å². The highest BCUT2D eigenvalue weighted by Gasteiger charge is 2.41. The molecule has 1 aliphatic heterocycles. The number of nitrogens with zero attached hydrogens (tertiary/aromatic N) is 1. The molecule has 0 amide bonds. The van der Waals surface area contributed by atoms with Gasteiger partial charge in [-0.05, 0) is 18.9 Å². The van der Waals surface area contributed by atoms with E-state index in [0.717, 1.165) is 29.2 Å². The summed E-state index contributed by atoms with van der Waals surface area (Å²) in [6.07, 6.45) is 1.58. The minimum atomic E-state index is -0.861. The molecule has 0 unspecified atom stereocenters. The smallest absolute Gasteiger partial charge is 0.309 e. The monoisotopic (exact) mass is 333 g/mol. The molecule has 5 nitrogen and oxygen atoms in total. The maximum Gasteiger partial charge on any atom is 0.309 e. The fraction of sp³-hybridized carbons (Fsp3) is 0.412. The highest BCUT2D eigenvalue weighted by atomic mass is 32.1. The molecule has 0 radical (unpaired) electrons. The van der Waals surface area contributed by atoms with Crippen molar-refractivity contribution in [3.05, 3.63) is 45.9 Å². The average Bonchev–Trinajstić information content (AvgIpc) is 3.03. The first-order valence-corrected chi connectivity index (χ1v) is 8.41. The maximum atomic E-state index is 10.9. The molecule has 1 aliphatic rings. The number of thiazole rings is 1. The van der Waals surface area contributed by atoms with Gasteiger partial charge in [0, 0.05) is 24.2 Å². The van der Waals surface area contributed by atoms with E-state index < -0.39 is 5.97 Å². The van der Waals surface area contributed by atoms with E-state index in [2.05, 4.69) is 11.1 Å². The van der Waals surface area contributed by atoms with Gasteiger partial charge in [0.1, 0.15) is 10.8 Å². The second kappa shape index (κ2) is 6.68. The standard InChI is InChI=1S/C17H19NO4S/c1-21-14-5-3-2-4-13(14)17(6-8-22-9-7-17)16-18-12(11-23-16)10-15(19)20/h2-5,11H,6-10H2,1H3,(H,19,20). The molecule has 1 N–H and O–H groups in total. The molecular weight excluding hydrogens is 314 g/mol. The highest BCUT2D eigenvalue weighted by molar-refractivity contribution is 7.09. The van der Waals surface area contributed by atoms with Crippen molar-refractivity contribution in [2.24, 2.45) is 0 Å². The van der Waals surface area contributed by atoms with Crippen LogP contribution in [0.2, 0.25) is 0 Å². The summed E-state index contributed by atoms with van der Waals surface area (Å²) in [7, 11) is 1.67. The molecule has 1 aromatic heterocycles. The summed E-state index contributed by atoms with van der Waals surface area (Å²) in [6, 6.07) is 7.98. The zero-order valence-electron chi connectivity index (χ0n) is 12.9. The predicted molar refractivity (Wildman–Crippen MR) is 87.3 cm³/mol. The number of ether oxygens (including phenoxy) is 2. The van der Waals surface area contributed by atoms with Crippen LogP contribution in [0.25, 0.3) is 0 Å². The first-order valence-electron chi connectivity index (χ1n) is 7.53. The molecule has 3 rings (SSSR count). The van der Waals surface area contributed by atoms with E-state index in [1.807, 2.05) is 23.6 Å². The van der Waals surface area contributed by atoms with Gasteiger partial charge in [-0.15, -0.1) is 11.3 Å². The largest absolute Gasteiger partial charge is 0.496 e. The van der Waals surface area contributed by atoms with Gasteiger partial charge in [-0.3, -0.25) is 4.79 Å². The van der Waals surface area contributed by atoms with Crippen molar-refractivity contribution < 1.29 is 19.4 Å². The van der Waals surface area contributed by atoms with Gasteiger partial charge in [0.15, 0.2) is 0 Å². The zero-order valence-corrected chi connectivity index (χ0v) is 13.8. The van der Waals surface area contributed by atoms with Gasteiger partial charge in [0.05, 0.1) is 24.6 Å². The predicted octanol–water partition coefficient (Wildman–Crippen LogP) is 2.88. The third kappa shape index (κ3) is 3.09. The SMILES string of the molecule is COc1ccccc1C1(c2nc(CC(=O)O)cs2)CCOCC1. The third-order valence-corrected chi connectivity index (χ3v) is 5.36. The van der Waals surface area contributed by atoms with E-state index in [9.17, 15) is 4.79 Å². The number of rotatable bonds is 5. The molecule has 0 aliphatic carbocycles. The Morgan fingerprint density at radius 2 is 2.13 bits per heavy atom. The Balaban J connectivity index is 2.06. The van der Waals surface area contributed by atoms with E-state index in [1.54, 1.807) is 7.11 Å². The first kappa shape index (κ1) is 16.0. The number of benzene rings is 1. The van der Waals surface area contributed by atoms with E-state index >= 15 is 0 Å². The van der Waals surface area contributed by atoms with Crippen LogP contribution in [0.1, 0.15) is 29.1 Å². The Labute approximate surface area is 138 Å². The van der Waals surface area contributed by atoms with Gasteiger partial charge in [-0.25, -0.2) is 4.98 Å². The fourth-order valence-electron chi connectivity index (χ4n) is 3.12. The summed E-state index contributed by atoms with van der Waals surface area (Å²) in [5.41, 5.74) is 1.44. The van der Waals surface area contributed by atoms with Crippen molar-refractivity contribution in [3.63, 3.8) is 0 Å². The molecule has 2 aromatic rings. The first-order chi connectivity index (χ1) is 11.2. The van der Waals surface area contributed by atoms with E-state index in [0.29, 0.717) is 18.9 Å². The van der Waals surface area contributed by atoms with Gasteiger partial charge in [-0.2, -0.15) is 0 Å². The van der Waals surface area contributed by atoms with Gasteiger partial charge in [-0.1, -0.05) is 18.2 Å². The molecule has 1 saturated heterocycles. The Morgan fingerprint density at radius 3 is 2.83 bits per heavy atom. The third-order valence-electron chi connectivity index (χ3n) is 4.26. The summed E-state index contributed by atoms with van der Waals surface area (Å²) in [5, 5.41) is 11.8. The van der Waals surface area contributed by atoms with E-state index in [-0.39, 0.29) is 11.8 Å². The fourth-order valence-corrected chi connectivity index (χ4v) is 4.21. The van der Waals surface area contributed by atoms with Crippen molar-refractivity contribution in [1.29, 1.82) is 0 Å². The lowest BCUT2D eigenvalue weighted by Crippen LogP contribution is -2.35. The van der Waals surface area contributed by atoms with Crippen LogP contribution in [0, 0.1) is 0 Å². The van der Waals surface area contributed by atoms with Crippen molar-refractivity contribution in [2.45, 2.75) is 24.7 Å². The molecule has 23 heavy (non-hydrogen) atoms. The lowest BCUT2D eigenvalue weighted by Gasteiger charge is -2.36. The van der Waals surface area contributed by atoms with Gasteiger partial charge in [0.2, 0.25) is 0 Å². The Morgan fingerprint density at radius 1 is 1.39 bits per heavy atom. The van der Waals surface area contributed by atoms with Gasteiger partial charge >= 0.3 is 5.97 Å². The quantitative estimate of drug-likeness (QED) is 0.911. The van der Waals surface area contributed by atoms with Crippen LogP contribution >= 0.6 is 11.3 Å². The van der Waals surface area contributed by atoms with Crippen LogP contribution in [0.3, 0.4) is 0 Å². The normalized spacial score (nSPS) is 16.9. The zero-order chi connectivity index (χ0) is 16.3. The number of aromatic nitrogens is 1. The number of carboxylic acids is 1. The number of hydrogen-bond acceptors (Lipinski definition) is 5. The molecule has 0 saturated carbocycles. The second-order valence-corrected chi connectivity index (χ2v) is 6.47. The molecule has 0 spiro atoms. The lowest BCUT2D eigenvalue weighted by atomic mass is 9.74. The summed E-state index contributed by atoms with van der Waals surface area (Å²) in [6.45, 7) is 1.32. The summed E-state index contributed by atoms with van der Waals surface area (Å²) >= 11 is 1.53. The van der Waals surface area contributed by atoms with Crippen LogP contribution in [-0.2, 0) is 21.4 Å². The summed E-state index contributed by atoms with van der Waals surface area (Å²) in [5.74, 6) is -0.0236. The molecule has 1 fully saturated rings. The molecule has 0 bridgehead atoms. The molecule has 122 valence electrons. The van der Waals surface area contributed by atoms with Crippen molar-refractivity contribution in [2.75, 3.05) is 20.3 Å². The molecule has 2 heterocycles. The number of para-hydroxylation sites is 1. The average molecular weight is 333 g/mol. The molecule has 1 aromatic carbocycles. The maximum absolute atomic E-state index is 10.9. The van der Waals surface area contributed by atoms with Crippen molar-refractivity contribution >= 4 is 17.3 Å². The lowest BCUT2D eigenvalue weighted by molar-refractivity contribution is -0.136. The summed E-state index contributed by atoms with van der Waals surface area (Å²) < 4.78 is 11.1. The van der Waals surface area contributed by atoms with Crippen molar-refractivity contribution in [3.8, 4) is 5.75 Å². The van der Waals surface area contributed by atoms with Crippen LogP contribution in [0.4, 0.5) is 0 Å². The van der Waals surface area contributed by atoms with Crippen LogP contribution in [-0.4, -0.2) is 36.4 Å². The van der Waals surface area contributed by atoms with Crippen molar-refractivity contribution in [1.82, 2.24) is 4.98 Å². The number of carbonyl (C=O) groups is 1. The number of aliphatic carboxylic acids is 1. The Kier molecular flexibility index (Phi) is 4.63. The Hall–Kier alpha value is -1.92. The second-order valence-electron chi connectivity index (χ2n) is 5.61. The van der Waals surface area contributed by atoms with Gasteiger partial charge in [0.25, 0.3) is 0 Å². The number of methoxy groups -OCH3 is 1. The van der Waals surface area contributed by atoms with Crippen LogP contribution in [0.5, 0.6) is 5.75 Å². The van der Waals surface area contributed by atoms with E-state index in [4.69, 9.17) is 14.6 Å². The number of hydrogen-bond donors (Lipinski definition) is 1. The molecular formula is C17H19NO4S. The van der Waals surface area contributed by atoms with E-state index in [1.165, 1.54) is 11.3 Å². The molecule has 0 atom stereocenters. The minimum Gasteiger partial charge on any atom is -0.496 e. The highest BCUT2D eigenvalue weighted by Crippen LogP contribution is 2.45.